The summed E-state index contributed by atoms with van der Waals surface area (Å²) in [7, 11) is 0. The Morgan fingerprint density at radius 1 is 1.11 bits per heavy atom. The van der Waals surface area contributed by atoms with E-state index in [1.54, 1.807) is 0 Å². The van der Waals surface area contributed by atoms with Gasteiger partial charge in [0.05, 0.1) is 11.6 Å². The lowest BCUT2D eigenvalue weighted by Gasteiger charge is -2.31. The topological polar surface area (TPSA) is 45.1 Å². The predicted octanol–water partition coefficient (Wildman–Crippen LogP) is 4.50. The van der Waals surface area contributed by atoms with E-state index in [0.717, 1.165) is 43.3 Å². The number of halogens is 1. The molecule has 0 radical (unpaired) electrons. The number of carbonyl (C=O) groups is 1. The highest BCUT2D eigenvalue weighted by Crippen LogP contribution is 2.40. The third-order valence-electron chi connectivity index (χ3n) is 5.07. The van der Waals surface area contributed by atoms with Crippen molar-refractivity contribution in [2.24, 2.45) is 10.9 Å². The van der Waals surface area contributed by atoms with Gasteiger partial charge in [-0.2, -0.15) is 0 Å². The van der Waals surface area contributed by atoms with Gasteiger partial charge in [-0.05, 0) is 57.5 Å². The molecule has 0 amide bonds. The number of rotatable bonds is 7. The number of fused-ring (bicyclic) bond motifs is 2. The summed E-state index contributed by atoms with van der Waals surface area (Å²) in [4.78, 5) is 21.2. The molecule has 1 aromatic rings. The molecule has 6 heteroatoms. The average Bonchev–Trinajstić information content (AvgIpc) is 2.67. The molecule has 5 nitrogen and oxygen atoms in total. The van der Waals surface area contributed by atoms with Crippen molar-refractivity contribution in [3.8, 4) is 5.75 Å². The van der Waals surface area contributed by atoms with Crippen molar-refractivity contribution in [2.75, 3.05) is 31.1 Å². The molecule has 0 fully saturated rings. The summed E-state index contributed by atoms with van der Waals surface area (Å²) in [6.07, 6.45) is 3.83. The van der Waals surface area contributed by atoms with Crippen LogP contribution in [0.3, 0.4) is 0 Å². The van der Waals surface area contributed by atoms with Gasteiger partial charge in [0.15, 0.2) is 11.5 Å². The number of carbonyl (C=O) groups excluding carboxylic acids is 1. The molecule has 0 aromatic heterocycles. The Labute approximate surface area is 166 Å². The molecular formula is C21H26ClN3O2. The molecule has 1 aliphatic heterocycles. The molecule has 1 aliphatic carbocycles. The first kappa shape index (κ1) is 19.5. The van der Waals surface area contributed by atoms with Crippen molar-refractivity contribution in [3.63, 3.8) is 0 Å². The van der Waals surface area contributed by atoms with Gasteiger partial charge in [0, 0.05) is 49.7 Å². The van der Waals surface area contributed by atoms with Crippen LogP contribution in [-0.2, 0) is 4.79 Å². The normalized spacial score (nSPS) is 17.7. The summed E-state index contributed by atoms with van der Waals surface area (Å²) < 4.78 is 6.19. The predicted molar refractivity (Wildman–Crippen MR) is 111 cm³/mol. The number of aliphatic imine (C=N–C) groups is 1. The van der Waals surface area contributed by atoms with Gasteiger partial charge in [-0.15, -0.1) is 0 Å². The zero-order valence-corrected chi connectivity index (χ0v) is 17.1. The Bertz CT molecular complexity index is 821. The van der Waals surface area contributed by atoms with Crippen LogP contribution >= 0.6 is 11.6 Å². The van der Waals surface area contributed by atoms with Crippen molar-refractivity contribution in [1.29, 1.82) is 0 Å². The van der Waals surface area contributed by atoms with Crippen molar-refractivity contribution < 1.29 is 9.53 Å². The summed E-state index contributed by atoms with van der Waals surface area (Å²) in [6.45, 7) is 11.9. The Kier molecular flexibility index (Phi) is 5.90. The molecular weight excluding hydrogens is 362 g/mol. The first-order valence-electron chi connectivity index (χ1n) is 9.55. The standard InChI is InChI=1S/C21H26ClN3O2/c1-5-24(6-2)14-9-10-17-18(12-14)27-19-13-15(25(7-3)8-4)11-16(21(22)26)20(19)23-17/h9-13,16H,5-8H2,1-4H3. The first-order chi connectivity index (χ1) is 13.0. The maximum absolute atomic E-state index is 12.1. The second kappa shape index (κ2) is 8.17. The van der Waals surface area contributed by atoms with E-state index in [2.05, 4.69) is 37.5 Å². The largest absolute Gasteiger partial charge is 0.453 e. The maximum Gasteiger partial charge on any atom is 0.234 e. The molecule has 0 saturated heterocycles. The van der Waals surface area contributed by atoms with Gasteiger partial charge in [0.25, 0.3) is 0 Å². The second-order valence-electron chi connectivity index (χ2n) is 6.48. The highest BCUT2D eigenvalue weighted by atomic mass is 35.5. The molecule has 3 rings (SSSR count). The van der Waals surface area contributed by atoms with Gasteiger partial charge in [0.1, 0.15) is 5.69 Å². The monoisotopic (exact) mass is 387 g/mol. The molecule has 0 spiro atoms. The lowest BCUT2D eigenvalue weighted by molar-refractivity contribution is -0.112. The third kappa shape index (κ3) is 3.74. The lowest BCUT2D eigenvalue weighted by Crippen LogP contribution is -2.32. The van der Waals surface area contributed by atoms with E-state index in [0.29, 0.717) is 17.2 Å². The maximum atomic E-state index is 12.1. The fourth-order valence-corrected chi connectivity index (χ4v) is 3.70. The molecule has 0 saturated carbocycles. The van der Waals surface area contributed by atoms with Gasteiger partial charge in [0.2, 0.25) is 5.24 Å². The van der Waals surface area contributed by atoms with E-state index in [-0.39, 0.29) is 0 Å². The van der Waals surface area contributed by atoms with Crippen LogP contribution in [0.15, 0.2) is 46.8 Å². The minimum atomic E-state index is -0.599. The van der Waals surface area contributed by atoms with Crippen LogP contribution in [0.5, 0.6) is 5.75 Å². The summed E-state index contributed by atoms with van der Waals surface area (Å²) >= 11 is 5.89. The number of anilines is 1. The molecule has 144 valence electrons. The van der Waals surface area contributed by atoms with Gasteiger partial charge in [-0.25, -0.2) is 4.99 Å². The van der Waals surface area contributed by atoms with E-state index >= 15 is 0 Å². The molecule has 1 atom stereocenters. The summed E-state index contributed by atoms with van der Waals surface area (Å²) in [6, 6.07) is 5.98. The van der Waals surface area contributed by atoms with E-state index < -0.39 is 11.2 Å². The molecule has 1 aromatic carbocycles. The molecule has 27 heavy (non-hydrogen) atoms. The Hall–Kier alpha value is -2.27. The number of hydrogen-bond acceptors (Lipinski definition) is 5. The third-order valence-corrected chi connectivity index (χ3v) is 5.30. The molecule has 0 bridgehead atoms. The highest BCUT2D eigenvalue weighted by molar-refractivity contribution is 6.66. The lowest BCUT2D eigenvalue weighted by atomic mass is 9.94. The van der Waals surface area contributed by atoms with Gasteiger partial charge < -0.3 is 14.5 Å². The second-order valence-corrected chi connectivity index (χ2v) is 6.85. The van der Waals surface area contributed by atoms with E-state index in [9.17, 15) is 4.79 Å². The van der Waals surface area contributed by atoms with Crippen LogP contribution in [0.1, 0.15) is 27.7 Å². The smallest absolute Gasteiger partial charge is 0.234 e. The van der Waals surface area contributed by atoms with Crippen molar-refractivity contribution in [2.45, 2.75) is 27.7 Å². The summed E-state index contributed by atoms with van der Waals surface area (Å²) in [5.74, 6) is 0.705. The number of benzene rings is 1. The summed E-state index contributed by atoms with van der Waals surface area (Å²) in [5.41, 5.74) is 3.34. The van der Waals surface area contributed by atoms with Gasteiger partial charge >= 0.3 is 0 Å². The van der Waals surface area contributed by atoms with Crippen LogP contribution in [0, 0.1) is 5.92 Å². The first-order valence-corrected chi connectivity index (χ1v) is 9.93. The zero-order chi connectivity index (χ0) is 19.6. The Morgan fingerprint density at radius 2 is 1.78 bits per heavy atom. The molecule has 2 aliphatic rings. The quantitative estimate of drug-likeness (QED) is 0.646. The number of likely N-dealkylation sites (N-methyl/N-ethyl adjacent to an activating group) is 1. The van der Waals surface area contributed by atoms with Crippen LogP contribution in [0.4, 0.5) is 11.4 Å². The van der Waals surface area contributed by atoms with Crippen LogP contribution in [0.2, 0.25) is 0 Å². The van der Waals surface area contributed by atoms with Crippen molar-refractivity contribution >= 4 is 33.9 Å². The SMILES string of the molecule is CCN(CC)C1=CC(C(=O)Cl)C2=Nc3ccc(N(CC)CC)cc3OC2=C1. The number of hydrogen-bond donors (Lipinski definition) is 0. The number of allylic oxidation sites excluding steroid dienone is 3. The average molecular weight is 388 g/mol. The number of ether oxygens (including phenoxy) is 1. The van der Waals surface area contributed by atoms with E-state index in [4.69, 9.17) is 21.3 Å². The fraction of sp³-hybridized carbons (Fsp3) is 0.429. The van der Waals surface area contributed by atoms with Crippen molar-refractivity contribution in [1.82, 2.24) is 4.90 Å². The molecule has 0 N–H and O–H groups in total. The minimum absolute atomic E-state index is 0.448. The minimum Gasteiger partial charge on any atom is -0.453 e. The highest BCUT2D eigenvalue weighted by Gasteiger charge is 2.33. The van der Waals surface area contributed by atoms with Gasteiger partial charge in [-0.3, -0.25) is 4.79 Å². The Balaban J connectivity index is 2.03. The number of nitrogens with zero attached hydrogens (tertiary/aromatic N) is 3. The molecule has 1 heterocycles. The van der Waals surface area contributed by atoms with Crippen LogP contribution in [-0.4, -0.2) is 42.0 Å². The van der Waals surface area contributed by atoms with Crippen LogP contribution < -0.4 is 9.64 Å². The fourth-order valence-electron chi connectivity index (χ4n) is 3.53. The summed E-state index contributed by atoms with van der Waals surface area (Å²) in [5, 5.41) is -0.448. The van der Waals surface area contributed by atoms with Gasteiger partial charge in [-0.1, -0.05) is 0 Å². The zero-order valence-electron chi connectivity index (χ0n) is 16.3. The van der Waals surface area contributed by atoms with E-state index in [1.165, 1.54) is 0 Å². The molecule has 1 unspecified atom stereocenters. The van der Waals surface area contributed by atoms with Crippen LogP contribution in [0.25, 0.3) is 0 Å². The van der Waals surface area contributed by atoms with Crippen molar-refractivity contribution in [3.05, 3.63) is 41.8 Å². The Morgan fingerprint density at radius 3 is 2.37 bits per heavy atom. The van der Waals surface area contributed by atoms with E-state index in [1.807, 2.05) is 30.4 Å².